The summed E-state index contributed by atoms with van der Waals surface area (Å²) < 4.78 is 1.64. The van der Waals surface area contributed by atoms with Gasteiger partial charge < -0.3 is 10.4 Å². The molecule has 3 aromatic heterocycles. The molecule has 3 rings (SSSR count). The van der Waals surface area contributed by atoms with Crippen LogP contribution in [-0.2, 0) is 0 Å². The van der Waals surface area contributed by atoms with Gasteiger partial charge in [-0.1, -0.05) is 11.3 Å². The van der Waals surface area contributed by atoms with Crippen molar-refractivity contribution in [2.45, 2.75) is 0 Å². The van der Waals surface area contributed by atoms with Crippen LogP contribution in [0.4, 0.5) is 17.2 Å². The average Bonchev–Trinajstić information content (AvgIpc) is 2.82. The molecule has 0 fully saturated rings. The number of fused-ring (bicyclic) bond motifs is 1. The van der Waals surface area contributed by atoms with Crippen LogP contribution in [0.3, 0.4) is 0 Å². The quantitative estimate of drug-likeness (QED) is 0.438. The van der Waals surface area contributed by atoms with Crippen molar-refractivity contribution in [1.82, 2.24) is 4.98 Å². The summed E-state index contributed by atoms with van der Waals surface area (Å²) in [5.41, 5.74) is 0.705. The summed E-state index contributed by atoms with van der Waals surface area (Å²) in [6.07, 6.45) is 2.94. The topological polar surface area (TPSA) is 92.4 Å². The number of pyridine rings is 2. The number of nitrogens with zero attached hydrogens (tertiary/aromatic N) is 3. The molecular formula is C12H9N4O3S+. The third-order valence-corrected chi connectivity index (χ3v) is 3.66. The molecular weight excluding hydrogens is 280 g/mol. The second-order valence-electron chi connectivity index (χ2n) is 3.97. The number of anilines is 2. The predicted molar refractivity (Wildman–Crippen MR) is 73.3 cm³/mol. The summed E-state index contributed by atoms with van der Waals surface area (Å²) in [5.74, 6) is 0.655. The van der Waals surface area contributed by atoms with E-state index < -0.39 is 4.92 Å². The van der Waals surface area contributed by atoms with Crippen LogP contribution in [0.2, 0.25) is 0 Å². The Morgan fingerprint density at radius 3 is 2.95 bits per heavy atom. The molecule has 0 aliphatic heterocycles. The fourth-order valence-electron chi connectivity index (χ4n) is 1.76. The molecule has 20 heavy (non-hydrogen) atoms. The van der Waals surface area contributed by atoms with E-state index in [1.165, 1.54) is 29.7 Å². The van der Waals surface area contributed by atoms with Gasteiger partial charge in [0.1, 0.15) is 23.1 Å². The van der Waals surface area contributed by atoms with Crippen LogP contribution in [-0.4, -0.2) is 15.0 Å². The molecule has 0 atom stereocenters. The van der Waals surface area contributed by atoms with Gasteiger partial charge in [0.2, 0.25) is 0 Å². The molecule has 0 amide bonds. The number of aromatic hydroxyl groups is 1. The average molecular weight is 289 g/mol. The summed E-state index contributed by atoms with van der Waals surface area (Å²) in [7, 11) is 0. The van der Waals surface area contributed by atoms with E-state index in [4.69, 9.17) is 0 Å². The van der Waals surface area contributed by atoms with Gasteiger partial charge in [0.15, 0.2) is 6.20 Å². The minimum Gasteiger partial charge on any atom is -0.459 e. The Hall–Kier alpha value is -2.74. The van der Waals surface area contributed by atoms with Gasteiger partial charge in [-0.05, 0) is 12.1 Å². The Balaban J connectivity index is 1.95. The van der Waals surface area contributed by atoms with Crippen molar-refractivity contribution in [2.75, 3.05) is 5.32 Å². The summed E-state index contributed by atoms with van der Waals surface area (Å²) in [5, 5.41) is 24.9. The van der Waals surface area contributed by atoms with Crippen molar-refractivity contribution in [3.05, 3.63) is 52.2 Å². The molecule has 7 nitrogen and oxygen atoms in total. The Labute approximate surface area is 116 Å². The number of rotatable bonds is 3. The Bertz CT molecular complexity index is 785. The maximum Gasteiger partial charge on any atom is 0.382 e. The second-order valence-corrected chi connectivity index (χ2v) is 4.83. The highest BCUT2D eigenvalue weighted by molar-refractivity contribution is 7.15. The lowest BCUT2D eigenvalue weighted by atomic mass is 10.3. The van der Waals surface area contributed by atoms with Crippen LogP contribution < -0.4 is 9.72 Å². The van der Waals surface area contributed by atoms with E-state index >= 15 is 0 Å². The zero-order chi connectivity index (χ0) is 14.1. The summed E-state index contributed by atoms with van der Waals surface area (Å²) in [6.45, 7) is 0. The molecule has 3 aromatic rings. The second kappa shape index (κ2) is 4.74. The summed E-state index contributed by atoms with van der Waals surface area (Å²) >= 11 is 1.38. The van der Waals surface area contributed by atoms with E-state index in [9.17, 15) is 15.2 Å². The number of hydrogen-bond acceptors (Lipinski definition) is 6. The van der Waals surface area contributed by atoms with Crippen LogP contribution >= 0.6 is 11.3 Å². The van der Waals surface area contributed by atoms with Crippen LogP contribution in [0, 0.1) is 10.1 Å². The largest absolute Gasteiger partial charge is 0.459 e. The van der Waals surface area contributed by atoms with Gasteiger partial charge in [0.25, 0.3) is 10.5 Å². The smallest absolute Gasteiger partial charge is 0.382 e. The first-order valence-electron chi connectivity index (χ1n) is 5.63. The Morgan fingerprint density at radius 2 is 2.25 bits per heavy atom. The third kappa shape index (κ3) is 2.12. The highest BCUT2D eigenvalue weighted by atomic mass is 32.1. The number of thiazole rings is 1. The molecule has 0 saturated carbocycles. The van der Waals surface area contributed by atoms with Gasteiger partial charge in [-0.25, -0.2) is 4.98 Å². The number of aromatic nitrogens is 2. The van der Waals surface area contributed by atoms with Gasteiger partial charge in [-0.2, -0.15) is 0 Å². The third-order valence-electron chi connectivity index (χ3n) is 2.69. The maximum atomic E-state index is 10.6. The maximum absolute atomic E-state index is 10.6. The van der Waals surface area contributed by atoms with E-state index in [0.29, 0.717) is 5.82 Å². The number of nitrogens with one attached hydrogen (secondary N) is 1. The van der Waals surface area contributed by atoms with Crippen molar-refractivity contribution >= 4 is 33.4 Å². The van der Waals surface area contributed by atoms with Gasteiger partial charge >= 0.3 is 5.88 Å². The molecule has 2 N–H and O–H groups in total. The Morgan fingerprint density at radius 1 is 1.40 bits per heavy atom. The molecule has 100 valence electrons. The van der Waals surface area contributed by atoms with Crippen LogP contribution in [0.25, 0.3) is 4.83 Å². The van der Waals surface area contributed by atoms with E-state index in [1.807, 2.05) is 6.07 Å². The zero-order valence-electron chi connectivity index (χ0n) is 10.1. The van der Waals surface area contributed by atoms with E-state index in [1.54, 1.807) is 22.0 Å². The normalized spacial score (nSPS) is 10.6. The van der Waals surface area contributed by atoms with E-state index in [0.717, 1.165) is 10.5 Å². The van der Waals surface area contributed by atoms with E-state index in [-0.39, 0.29) is 11.6 Å². The first-order valence-corrected chi connectivity index (χ1v) is 6.51. The molecule has 0 aliphatic carbocycles. The first-order chi connectivity index (χ1) is 9.65. The molecule has 8 heteroatoms. The summed E-state index contributed by atoms with van der Waals surface area (Å²) in [6, 6.07) is 6.55. The SMILES string of the molecule is O=[N+]([O-])c1ccc(Nc2ccc[n+]3c(O)csc23)nc1. The molecule has 0 saturated heterocycles. The first kappa shape index (κ1) is 12.3. The fraction of sp³-hybridized carbons (Fsp3) is 0. The van der Waals surface area contributed by atoms with E-state index in [2.05, 4.69) is 10.3 Å². The van der Waals surface area contributed by atoms with Gasteiger partial charge in [0.05, 0.1) is 4.92 Å². The number of hydrogen-bond donors (Lipinski definition) is 2. The molecule has 0 aromatic carbocycles. The minimum atomic E-state index is -0.495. The highest BCUT2D eigenvalue weighted by Crippen LogP contribution is 2.24. The monoisotopic (exact) mass is 289 g/mol. The summed E-state index contributed by atoms with van der Waals surface area (Å²) in [4.78, 5) is 14.9. The molecule has 0 radical (unpaired) electrons. The lowest BCUT2D eigenvalue weighted by Crippen LogP contribution is -2.18. The predicted octanol–water partition coefficient (Wildman–Crippen LogP) is 2.24. The van der Waals surface area contributed by atoms with Crippen molar-refractivity contribution in [1.29, 1.82) is 0 Å². The van der Waals surface area contributed by atoms with Gasteiger partial charge in [-0.3, -0.25) is 10.1 Å². The standard InChI is InChI=1S/C12H8N4O3S/c17-11-7-20-12-9(2-1-5-15(11)12)14-10-4-3-8(6-13-10)16(18)19/h1-7H,(H-,13,14,17)/p+1. The van der Waals surface area contributed by atoms with Crippen molar-refractivity contribution in [3.8, 4) is 5.88 Å². The van der Waals surface area contributed by atoms with Gasteiger partial charge in [-0.15, -0.1) is 4.40 Å². The Kier molecular flexibility index (Phi) is 2.92. The molecule has 0 unspecified atom stereocenters. The zero-order valence-corrected chi connectivity index (χ0v) is 10.9. The lowest BCUT2D eigenvalue weighted by Gasteiger charge is -2.02. The van der Waals surface area contributed by atoms with Crippen molar-refractivity contribution in [2.24, 2.45) is 0 Å². The minimum absolute atomic E-state index is 0.0584. The molecule has 0 bridgehead atoms. The fourth-order valence-corrected chi connectivity index (χ4v) is 2.61. The van der Waals surface area contributed by atoms with Crippen molar-refractivity contribution in [3.63, 3.8) is 0 Å². The van der Waals surface area contributed by atoms with Crippen LogP contribution in [0.15, 0.2) is 42.0 Å². The number of nitro groups is 1. The lowest BCUT2D eigenvalue weighted by molar-refractivity contribution is -0.517. The van der Waals surface area contributed by atoms with Gasteiger partial charge in [0, 0.05) is 12.1 Å². The molecule has 0 spiro atoms. The molecule has 0 aliphatic rings. The molecule has 3 heterocycles. The highest BCUT2D eigenvalue weighted by Gasteiger charge is 2.16. The van der Waals surface area contributed by atoms with Crippen molar-refractivity contribution < 1.29 is 14.4 Å². The van der Waals surface area contributed by atoms with Crippen LogP contribution in [0.1, 0.15) is 0 Å². The van der Waals surface area contributed by atoms with Crippen LogP contribution in [0.5, 0.6) is 5.88 Å².